The van der Waals surface area contributed by atoms with Gasteiger partial charge >= 0.3 is 6.09 Å². The number of ether oxygens (including phenoxy) is 1. The summed E-state index contributed by atoms with van der Waals surface area (Å²) in [5.74, 6) is 0.338. The molecule has 0 fully saturated rings. The van der Waals surface area contributed by atoms with Crippen LogP contribution in [0.15, 0.2) is 24.3 Å². The summed E-state index contributed by atoms with van der Waals surface area (Å²) < 4.78 is 16.2. The van der Waals surface area contributed by atoms with Crippen molar-refractivity contribution in [1.29, 1.82) is 0 Å². The maximum absolute atomic E-state index is 11.2. The molecule has 1 N–H and O–H groups in total. The number of para-hydroxylation sites is 1. The summed E-state index contributed by atoms with van der Waals surface area (Å²) in [7, 11) is -0.990. The molecule has 2 atom stereocenters. The van der Waals surface area contributed by atoms with Gasteiger partial charge in [0, 0.05) is 22.6 Å². The molecule has 80 valence electrons. The molecule has 0 saturated heterocycles. The molecule has 2 rings (SSSR count). The Balaban J connectivity index is 2.33. The SMILES string of the molecule is CS(=O)C[C@H]1OC(=O)Nc2ccccc21. The highest BCUT2D eigenvalue weighted by Gasteiger charge is 2.26. The van der Waals surface area contributed by atoms with E-state index in [1.54, 1.807) is 12.3 Å². The topological polar surface area (TPSA) is 55.4 Å². The van der Waals surface area contributed by atoms with Gasteiger partial charge in [0.15, 0.2) is 0 Å². The highest BCUT2D eigenvalue weighted by atomic mass is 32.2. The molecular formula is C10H11NO3S. The number of anilines is 1. The van der Waals surface area contributed by atoms with Crippen LogP contribution in [-0.4, -0.2) is 22.3 Å². The molecule has 5 heteroatoms. The smallest absolute Gasteiger partial charge is 0.412 e. The molecule has 0 bridgehead atoms. The number of cyclic esters (lactones) is 1. The summed E-state index contributed by atoms with van der Waals surface area (Å²) >= 11 is 0. The molecule has 1 amide bonds. The summed E-state index contributed by atoms with van der Waals surface area (Å²) in [6.07, 6.45) is 0.711. The molecule has 1 heterocycles. The second kappa shape index (κ2) is 4.02. The van der Waals surface area contributed by atoms with Gasteiger partial charge in [-0.05, 0) is 6.07 Å². The summed E-state index contributed by atoms with van der Waals surface area (Å²) in [5.41, 5.74) is 1.62. The first-order valence-electron chi connectivity index (χ1n) is 4.53. The average molecular weight is 225 g/mol. The normalized spacial score (nSPS) is 21.1. The van der Waals surface area contributed by atoms with Gasteiger partial charge in [0.2, 0.25) is 0 Å². The van der Waals surface area contributed by atoms with E-state index in [0.717, 1.165) is 11.3 Å². The molecule has 0 spiro atoms. The Morgan fingerprint density at radius 2 is 2.20 bits per heavy atom. The molecule has 1 aliphatic heterocycles. The lowest BCUT2D eigenvalue weighted by atomic mass is 10.1. The van der Waals surface area contributed by atoms with Gasteiger partial charge in [0.1, 0.15) is 6.10 Å². The second-order valence-corrected chi connectivity index (χ2v) is 4.83. The molecule has 15 heavy (non-hydrogen) atoms. The summed E-state index contributed by atoms with van der Waals surface area (Å²) in [4.78, 5) is 11.2. The van der Waals surface area contributed by atoms with Crippen molar-refractivity contribution < 1.29 is 13.7 Å². The molecule has 1 aliphatic rings. The number of carbonyl (C=O) groups is 1. The fourth-order valence-corrected chi connectivity index (χ4v) is 2.23. The van der Waals surface area contributed by atoms with Gasteiger partial charge < -0.3 is 4.74 Å². The van der Waals surface area contributed by atoms with E-state index < -0.39 is 23.0 Å². The van der Waals surface area contributed by atoms with Crippen LogP contribution in [0.5, 0.6) is 0 Å². The number of hydrogen-bond donors (Lipinski definition) is 1. The van der Waals surface area contributed by atoms with Gasteiger partial charge in [-0.25, -0.2) is 4.79 Å². The van der Waals surface area contributed by atoms with Crippen molar-refractivity contribution in [3.63, 3.8) is 0 Å². The van der Waals surface area contributed by atoms with Crippen LogP contribution in [0.25, 0.3) is 0 Å². The fraction of sp³-hybridized carbons (Fsp3) is 0.300. The zero-order valence-electron chi connectivity index (χ0n) is 8.23. The van der Waals surface area contributed by atoms with Gasteiger partial charge in [-0.1, -0.05) is 18.2 Å². The maximum Gasteiger partial charge on any atom is 0.412 e. The first kappa shape index (κ1) is 10.2. The van der Waals surface area contributed by atoms with Gasteiger partial charge in [0.05, 0.1) is 11.4 Å². The highest BCUT2D eigenvalue weighted by molar-refractivity contribution is 7.84. The minimum Gasteiger partial charge on any atom is -0.440 e. The van der Waals surface area contributed by atoms with E-state index in [9.17, 15) is 9.00 Å². The van der Waals surface area contributed by atoms with Crippen LogP contribution in [0.4, 0.5) is 10.5 Å². The number of rotatable bonds is 2. The molecular weight excluding hydrogens is 214 g/mol. The van der Waals surface area contributed by atoms with Gasteiger partial charge in [-0.3, -0.25) is 9.53 Å². The van der Waals surface area contributed by atoms with Crippen molar-refractivity contribution in [2.24, 2.45) is 0 Å². The Bertz CT molecular complexity index is 419. The summed E-state index contributed by atoms with van der Waals surface area (Å²) in [6.45, 7) is 0. The third-order valence-electron chi connectivity index (χ3n) is 2.18. The molecule has 0 radical (unpaired) electrons. The van der Waals surface area contributed by atoms with E-state index >= 15 is 0 Å². The summed E-state index contributed by atoms with van der Waals surface area (Å²) in [5, 5.41) is 2.60. The molecule has 0 aromatic heterocycles. The predicted molar refractivity (Wildman–Crippen MR) is 58.2 cm³/mol. The van der Waals surface area contributed by atoms with E-state index in [1.165, 1.54) is 0 Å². The maximum atomic E-state index is 11.2. The molecule has 1 aromatic carbocycles. The number of hydrogen-bond acceptors (Lipinski definition) is 3. The molecule has 4 nitrogen and oxygen atoms in total. The van der Waals surface area contributed by atoms with E-state index in [4.69, 9.17) is 4.74 Å². The van der Waals surface area contributed by atoms with Crippen LogP contribution in [0, 0.1) is 0 Å². The van der Waals surface area contributed by atoms with E-state index in [-0.39, 0.29) is 0 Å². The third kappa shape index (κ3) is 2.18. The van der Waals surface area contributed by atoms with Crippen LogP contribution in [0.3, 0.4) is 0 Å². The number of nitrogens with one attached hydrogen (secondary N) is 1. The van der Waals surface area contributed by atoms with Crippen molar-refractivity contribution in [1.82, 2.24) is 0 Å². The Morgan fingerprint density at radius 1 is 1.47 bits per heavy atom. The minimum absolute atomic E-state index is 0.338. The second-order valence-electron chi connectivity index (χ2n) is 3.35. The Labute approximate surface area is 90.1 Å². The largest absolute Gasteiger partial charge is 0.440 e. The van der Waals surface area contributed by atoms with Crippen molar-refractivity contribution in [2.75, 3.05) is 17.3 Å². The van der Waals surface area contributed by atoms with E-state index in [1.807, 2.05) is 18.2 Å². The lowest BCUT2D eigenvalue weighted by Crippen LogP contribution is -2.27. The van der Waals surface area contributed by atoms with E-state index in [0.29, 0.717) is 5.75 Å². The van der Waals surface area contributed by atoms with Crippen LogP contribution < -0.4 is 5.32 Å². The minimum atomic E-state index is -0.990. The molecule has 0 aliphatic carbocycles. The monoisotopic (exact) mass is 225 g/mol. The standard InChI is InChI=1S/C10H11NO3S/c1-15(13)6-9-7-4-2-3-5-8(7)11-10(12)14-9/h2-5,9H,6H2,1H3,(H,11,12)/t9-,15?/m1/s1. The van der Waals surface area contributed by atoms with Gasteiger partial charge in [0.25, 0.3) is 0 Å². The Morgan fingerprint density at radius 3 is 2.93 bits per heavy atom. The fourth-order valence-electron chi connectivity index (χ4n) is 1.56. The molecule has 1 aromatic rings. The number of amides is 1. The first-order chi connectivity index (χ1) is 7.16. The average Bonchev–Trinajstić information content (AvgIpc) is 2.16. The van der Waals surface area contributed by atoms with Crippen LogP contribution in [-0.2, 0) is 15.5 Å². The highest BCUT2D eigenvalue weighted by Crippen LogP contribution is 2.30. The number of benzene rings is 1. The molecule has 1 unspecified atom stereocenters. The van der Waals surface area contributed by atoms with Crippen molar-refractivity contribution >= 4 is 22.6 Å². The van der Waals surface area contributed by atoms with Crippen LogP contribution in [0.1, 0.15) is 11.7 Å². The van der Waals surface area contributed by atoms with Crippen molar-refractivity contribution in [2.45, 2.75) is 6.10 Å². The lowest BCUT2D eigenvalue weighted by Gasteiger charge is -2.25. The van der Waals surface area contributed by atoms with Crippen molar-refractivity contribution in [3.8, 4) is 0 Å². The van der Waals surface area contributed by atoms with Gasteiger partial charge in [-0.15, -0.1) is 0 Å². The first-order valence-corrected chi connectivity index (χ1v) is 6.26. The van der Waals surface area contributed by atoms with Crippen LogP contribution in [0.2, 0.25) is 0 Å². The van der Waals surface area contributed by atoms with Crippen LogP contribution >= 0.6 is 0 Å². The third-order valence-corrected chi connectivity index (χ3v) is 2.95. The van der Waals surface area contributed by atoms with E-state index in [2.05, 4.69) is 5.32 Å². The zero-order chi connectivity index (χ0) is 10.8. The Kier molecular flexibility index (Phi) is 2.73. The number of carbonyl (C=O) groups excluding carboxylic acids is 1. The predicted octanol–water partition coefficient (Wildman–Crippen LogP) is 1.67. The number of fused-ring (bicyclic) bond motifs is 1. The Hall–Kier alpha value is -1.36. The molecule has 0 saturated carbocycles. The zero-order valence-corrected chi connectivity index (χ0v) is 9.04. The summed E-state index contributed by atoms with van der Waals surface area (Å²) in [6, 6.07) is 7.38. The lowest BCUT2D eigenvalue weighted by molar-refractivity contribution is 0.118. The van der Waals surface area contributed by atoms with Gasteiger partial charge in [-0.2, -0.15) is 0 Å². The quantitative estimate of drug-likeness (QED) is 0.833. The van der Waals surface area contributed by atoms with Crippen molar-refractivity contribution in [3.05, 3.63) is 29.8 Å².